The average molecular weight is 224 g/mol. The standard InChI is InChI=1S/C6H12.C6H8.2C2H6/c2*1-4-6(3)5-2;2*1-2/h3-5H2,1-2H3;1,5H,2-3H3;2*1-2H3/b;6-5+;;. The summed E-state index contributed by atoms with van der Waals surface area (Å²) in [5, 5.41) is 0. The van der Waals surface area contributed by atoms with E-state index in [0.29, 0.717) is 0 Å². The summed E-state index contributed by atoms with van der Waals surface area (Å²) in [6, 6.07) is 0. The summed E-state index contributed by atoms with van der Waals surface area (Å²) in [5.41, 5.74) is 2.34. The van der Waals surface area contributed by atoms with Crippen LogP contribution in [0.4, 0.5) is 0 Å². The Kier molecular flexibility index (Phi) is 44.4. The zero-order valence-corrected chi connectivity index (χ0v) is 12.8. The Balaban J connectivity index is -0.0000000686. The maximum atomic E-state index is 4.96. The summed E-state index contributed by atoms with van der Waals surface area (Å²) < 4.78 is 0. The first kappa shape index (κ1) is 24.3. The van der Waals surface area contributed by atoms with E-state index in [-0.39, 0.29) is 0 Å². The van der Waals surface area contributed by atoms with Crippen molar-refractivity contribution in [3.05, 3.63) is 23.8 Å². The third kappa shape index (κ3) is 38.1. The van der Waals surface area contributed by atoms with Gasteiger partial charge in [0.25, 0.3) is 0 Å². The Morgan fingerprint density at radius 2 is 1.44 bits per heavy atom. The predicted octanol–water partition coefficient (Wildman–Crippen LogP) is 6.00. The molecule has 0 bridgehead atoms. The summed E-state index contributed by atoms with van der Waals surface area (Å²) in [6.07, 6.45) is 9.14. The van der Waals surface area contributed by atoms with E-state index in [1.54, 1.807) is 0 Å². The first-order valence-corrected chi connectivity index (χ1v) is 6.38. The number of allylic oxidation sites excluding steroid dienone is 3. The quantitative estimate of drug-likeness (QED) is 0.398. The molecule has 0 amide bonds. The number of terminal acetylenes is 1. The Hall–Kier alpha value is -0.960. The molecule has 0 nitrogen and oxygen atoms in total. The van der Waals surface area contributed by atoms with E-state index < -0.39 is 0 Å². The highest BCUT2D eigenvalue weighted by molar-refractivity contribution is 5.21. The molecule has 0 aromatic heterocycles. The van der Waals surface area contributed by atoms with Gasteiger partial charge in [-0.05, 0) is 32.3 Å². The topological polar surface area (TPSA) is 0 Å². The van der Waals surface area contributed by atoms with E-state index in [2.05, 4.69) is 26.3 Å². The van der Waals surface area contributed by atoms with Crippen LogP contribution in [0.5, 0.6) is 0 Å². The molecule has 0 unspecified atom stereocenters. The lowest BCUT2D eigenvalue weighted by molar-refractivity contribution is 0.986. The van der Waals surface area contributed by atoms with Crippen LogP contribution < -0.4 is 0 Å². The lowest BCUT2D eigenvalue weighted by atomic mass is 10.2. The van der Waals surface area contributed by atoms with Crippen molar-refractivity contribution in [2.45, 2.75) is 68.2 Å². The second kappa shape index (κ2) is 29.2. The van der Waals surface area contributed by atoms with E-state index in [9.17, 15) is 0 Å². The van der Waals surface area contributed by atoms with Crippen molar-refractivity contribution in [3.8, 4) is 12.3 Å². The van der Waals surface area contributed by atoms with Crippen LogP contribution in [0.25, 0.3) is 0 Å². The summed E-state index contributed by atoms with van der Waals surface area (Å²) in [7, 11) is 0. The molecule has 96 valence electrons. The molecule has 0 saturated heterocycles. The molecule has 0 aliphatic carbocycles. The molecule has 0 radical (unpaired) electrons. The summed E-state index contributed by atoms with van der Waals surface area (Å²) in [6.45, 7) is 19.9. The first-order valence-electron chi connectivity index (χ1n) is 6.38. The summed E-state index contributed by atoms with van der Waals surface area (Å²) in [4.78, 5) is 0. The zero-order valence-electron chi connectivity index (χ0n) is 12.8. The molecular formula is C16H32. The minimum atomic E-state index is 0.995. The van der Waals surface area contributed by atoms with Crippen LogP contribution in [-0.4, -0.2) is 0 Å². The average Bonchev–Trinajstić information content (AvgIpc) is 2.41. The van der Waals surface area contributed by atoms with Gasteiger partial charge in [-0.15, -0.1) is 6.42 Å². The minimum absolute atomic E-state index is 0.995. The van der Waals surface area contributed by atoms with Crippen LogP contribution in [0.1, 0.15) is 68.2 Å². The molecule has 0 aliphatic heterocycles. The van der Waals surface area contributed by atoms with Gasteiger partial charge in [-0.2, -0.15) is 0 Å². The van der Waals surface area contributed by atoms with Gasteiger partial charge in [-0.25, -0.2) is 0 Å². The highest BCUT2D eigenvalue weighted by Gasteiger charge is 1.78. The lowest BCUT2D eigenvalue weighted by Crippen LogP contribution is -1.68. The molecule has 0 aliphatic rings. The molecule has 0 heterocycles. The van der Waals surface area contributed by atoms with Crippen molar-refractivity contribution in [2.75, 3.05) is 0 Å². The highest BCUT2D eigenvalue weighted by Crippen LogP contribution is 1.98. The van der Waals surface area contributed by atoms with Crippen molar-refractivity contribution < 1.29 is 0 Å². The highest BCUT2D eigenvalue weighted by atomic mass is 13.8. The van der Waals surface area contributed by atoms with Crippen molar-refractivity contribution in [3.63, 3.8) is 0 Å². The fraction of sp³-hybridized carbons (Fsp3) is 0.625. The third-order valence-electron chi connectivity index (χ3n) is 1.66. The van der Waals surface area contributed by atoms with E-state index in [0.717, 1.165) is 18.4 Å². The second-order valence-electron chi connectivity index (χ2n) is 2.57. The van der Waals surface area contributed by atoms with Gasteiger partial charge in [0.2, 0.25) is 0 Å². The van der Waals surface area contributed by atoms with E-state index >= 15 is 0 Å². The molecule has 0 fully saturated rings. The van der Waals surface area contributed by atoms with E-state index in [4.69, 9.17) is 6.42 Å². The smallest absolute Gasteiger partial charge is 0.00561 e. The van der Waals surface area contributed by atoms with Crippen LogP contribution >= 0.6 is 0 Å². The third-order valence-corrected chi connectivity index (χ3v) is 1.66. The summed E-state index contributed by atoms with van der Waals surface area (Å²) >= 11 is 0. The molecule has 0 N–H and O–H groups in total. The van der Waals surface area contributed by atoms with Gasteiger partial charge in [0.1, 0.15) is 0 Å². The Morgan fingerprint density at radius 1 is 1.12 bits per heavy atom. The van der Waals surface area contributed by atoms with E-state index in [1.807, 2.05) is 47.6 Å². The monoisotopic (exact) mass is 224 g/mol. The predicted molar refractivity (Wildman–Crippen MR) is 80.7 cm³/mol. The Morgan fingerprint density at radius 3 is 1.44 bits per heavy atom. The van der Waals surface area contributed by atoms with Gasteiger partial charge in [0, 0.05) is 0 Å². The van der Waals surface area contributed by atoms with Gasteiger partial charge < -0.3 is 0 Å². The molecule has 0 aromatic rings. The van der Waals surface area contributed by atoms with Crippen molar-refractivity contribution in [1.82, 2.24) is 0 Å². The largest absolute Gasteiger partial charge is 0.115 e. The zero-order chi connectivity index (χ0) is 14.0. The molecule has 0 saturated carbocycles. The molecular weight excluding hydrogens is 192 g/mol. The maximum absolute atomic E-state index is 4.96. The normalized spacial score (nSPS) is 7.81. The maximum Gasteiger partial charge on any atom is -0.00561 e. The van der Waals surface area contributed by atoms with Crippen molar-refractivity contribution in [2.24, 2.45) is 0 Å². The van der Waals surface area contributed by atoms with Crippen LogP contribution in [0.2, 0.25) is 0 Å². The molecule has 0 atom stereocenters. The summed E-state index contributed by atoms with van der Waals surface area (Å²) in [5.74, 6) is 2.48. The van der Waals surface area contributed by atoms with Gasteiger partial charge in [-0.3, -0.25) is 0 Å². The number of rotatable bonds is 2. The fourth-order valence-electron chi connectivity index (χ4n) is 0.333. The van der Waals surface area contributed by atoms with Crippen molar-refractivity contribution >= 4 is 0 Å². The fourth-order valence-corrected chi connectivity index (χ4v) is 0.333. The molecule has 0 aromatic carbocycles. The van der Waals surface area contributed by atoms with Crippen LogP contribution in [0.3, 0.4) is 0 Å². The van der Waals surface area contributed by atoms with Gasteiger partial charge in [0.15, 0.2) is 0 Å². The Bertz CT molecular complexity index is 171. The minimum Gasteiger partial charge on any atom is -0.115 e. The van der Waals surface area contributed by atoms with Crippen LogP contribution in [0, 0.1) is 12.3 Å². The van der Waals surface area contributed by atoms with Crippen LogP contribution in [-0.2, 0) is 0 Å². The van der Waals surface area contributed by atoms with E-state index in [1.165, 1.54) is 5.57 Å². The number of hydrogen-bond donors (Lipinski definition) is 0. The number of hydrogen-bond acceptors (Lipinski definition) is 0. The SMILES string of the molecule is C#C/C(C)=C/C.C=C(CC)CC.CC.CC. The van der Waals surface area contributed by atoms with Gasteiger partial charge >= 0.3 is 0 Å². The second-order valence-corrected chi connectivity index (χ2v) is 2.57. The Labute approximate surface area is 105 Å². The molecule has 0 heteroatoms. The first-order chi connectivity index (χ1) is 7.62. The molecule has 0 rings (SSSR count). The van der Waals surface area contributed by atoms with Crippen LogP contribution in [0.15, 0.2) is 23.8 Å². The van der Waals surface area contributed by atoms with Gasteiger partial charge in [-0.1, -0.05) is 65.7 Å². The molecule has 16 heavy (non-hydrogen) atoms. The van der Waals surface area contributed by atoms with Crippen molar-refractivity contribution in [1.29, 1.82) is 0 Å². The lowest BCUT2D eigenvalue weighted by Gasteiger charge is -1.89. The molecule has 0 spiro atoms. The van der Waals surface area contributed by atoms with Gasteiger partial charge in [0.05, 0.1) is 0 Å².